The van der Waals surface area contributed by atoms with Crippen molar-refractivity contribution in [1.29, 1.82) is 0 Å². The number of nitrogens with zero attached hydrogens (tertiary/aromatic N) is 3. The third kappa shape index (κ3) is 6.94. The summed E-state index contributed by atoms with van der Waals surface area (Å²) < 4.78 is 31.0. The minimum atomic E-state index is -3.10. The maximum absolute atomic E-state index is 12.0. The molecule has 1 aliphatic rings. The third-order valence-electron chi connectivity index (χ3n) is 4.57. The van der Waals surface area contributed by atoms with E-state index in [1.54, 1.807) is 17.4 Å². The van der Waals surface area contributed by atoms with Gasteiger partial charge in [-0.05, 0) is 38.7 Å². The van der Waals surface area contributed by atoms with Crippen molar-refractivity contribution < 1.29 is 13.2 Å². The van der Waals surface area contributed by atoms with Crippen molar-refractivity contribution in [3.05, 3.63) is 23.9 Å². The van der Waals surface area contributed by atoms with E-state index < -0.39 is 10.0 Å². The first-order valence-electron chi connectivity index (χ1n) is 10.1. The van der Waals surface area contributed by atoms with Gasteiger partial charge < -0.3 is 15.4 Å². The van der Waals surface area contributed by atoms with Gasteiger partial charge in [0, 0.05) is 37.9 Å². The Balaban J connectivity index is 1.89. The Morgan fingerprint density at radius 3 is 2.61 bits per heavy atom. The fraction of sp³-hybridized carbons (Fsp3) is 0.684. The van der Waals surface area contributed by atoms with Gasteiger partial charge in [-0.2, -0.15) is 0 Å². The van der Waals surface area contributed by atoms with E-state index in [1.807, 2.05) is 19.1 Å². The summed E-state index contributed by atoms with van der Waals surface area (Å²) in [5, 5.41) is 6.68. The molecule has 8 nitrogen and oxygen atoms in total. The van der Waals surface area contributed by atoms with Gasteiger partial charge >= 0.3 is 0 Å². The lowest BCUT2D eigenvalue weighted by molar-refractivity contribution is 0.305. The molecule has 1 aromatic heterocycles. The monoisotopic (exact) mass is 411 g/mol. The molecule has 1 fully saturated rings. The highest BCUT2D eigenvalue weighted by molar-refractivity contribution is 7.89. The molecule has 0 spiro atoms. The Morgan fingerprint density at radius 1 is 1.29 bits per heavy atom. The number of pyridine rings is 1. The number of hydrogen-bond donors (Lipinski definition) is 2. The highest BCUT2D eigenvalue weighted by atomic mass is 32.2. The summed E-state index contributed by atoms with van der Waals surface area (Å²) in [5.41, 5.74) is 1.00. The molecule has 9 heteroatoms. The largest absolute Gasteiger partial charge is 0.478 e. The van der Waals surface area contributed by atoms with E-state index in [-0.39, 0.29) is 11.8 Å². The number of ether oxygens (including phenoxy) is 1. The number of aliphatic imine (C=N–C) groups is 1. The fourth-order valence-electron chi connectivity index (χ4n) is 2.94. The first kappa shape index (κ1) is 22.4. The average Bonchev–Trinajstić information content (AvgIpc) is 2.72. The first-order chi connectivity index (χ1) is 13.5. The number of aromatic nitrogens is 1. The SMILES string of the molecule is CCCOc1ccc(CN=C(NCC)NC2CCN(S(=O)(=O)CC)CC2)cn1. The summed E-state index contributed by atoms with van der Waals surface area (Å²) in [5.74, 6) is 1.53. The molecule has 1 aliphatic heterocycles. The molecule has 0 radical (unpaired) electrons. The number of guanidine groups is 1. The fourth-order valence-corrected chi connectivity index (χ4v) is 4.07. The van der Waals surface area contributed by atoms with Crippen LogP contribution in [0.5, 0.6) is 5.88 Å². The number of sulfonamides is 1. The van der Waals surface area contributed by atoms with Crippen LogP contribution in [0, 0.1) is 0 Å². The minimum absolute atomic E-state index is 0.158. The van der Waals surface area contributed by atoms with Crippen molar-refractivity contribution in [2.24, 2.45) is 4.99 Å². The van der Waals surface area contributed by atoms with E-state index in [9.17, 15) is 8.42 Å². The first-order valence-corrected chi connectivity index (χ1v) is 11.7. The van der Waals surface area contributed by atoms with Crippen molar-refractivity contribution in [2.75, 3.05) is 32.0 Å². The van der Waals surface area contributed by atoms with Gasteiger partial charge in [0.05, 0.1) is 18.9 Å². The quantitative estimate of drug-likeness (QED) is 0.475. The second-order valence-corrected chi connectivity index (χ2v) is 9.02. The summed E-state index contributed by atoms with van der Waals surface area (Å²) in [6.07, 6.45) is 4.28. The molecule has 2 heterocycles. The van der Waals surface area contributed by atoms with Crippen molar-refractivity contribution in [1.82, 2.24) is 19.9 Å². The topological polar surface area (TPSA) is 95.9 Å². The van der Waals surface area contributed by atoms with Crippen LogP contribution in [0.25, 0.3) is 0 Å². The molecule has 1 saturated heterocycles. The van der Waals surface area contributed by atoms with Crippen LogP contribution in [0.2, 0.25) is 0 Å². The standard InChI is InChI=1S/C19H33N5O3S/c1-4-13-27-18-8-7-16(14-21-18)15-22-19(20-5-2)23-17-9-11-24(12-10-17)28(25,26)6-3/h7-8,14,17H,4-6,9-13,15H2,1-3H3,(H2,20,22,23). The van der Waals surface area contributed by atoms with E-state index in [0.29, 0.717) is 32.1 Å². The van der Waals surface area contributed by atoms with Gasteiger partial charge in [-0.15, -0.1) is 0 Å². The van der Waals surface area contributed by atoms with E-state index in [1.165, 1.54) is 0 Å². The van der Waals surface area contributed by atoms with Gasteiger partial charge in [-0.1, -0.05) is 13.0 Å². The van der Waals surface area contributed by atoms with Crippen LogP contribution in [-0.2, 0) is 16.6 Å². The maximum Gasteiger partial charge on any atom is 0.213 e. The number of nitrogens with one attached hydrogen (secondary N) is 2. The van der Waals surface area contributed by atoms with Crippen LogP contribution in [0.4, 0.5) is 0 Å². The molecular formula is C19H33N5O3S. The Bertz CT molecular complexity index is 714. The van der Waals surface area contributed by atoms with Gasteiger partial charge in [-0.25, -0.2) is 22.7 Å². The number of piperidine rings is 1. The maximum atomic E-state index is 12.0. The molecule has 0 saturated carbocycles. The van der Waals surface area contributed by atoms with E-state index in [4.69, 9.17) is 4.74 Å². The average molecular weight is 412 g/mol. The van der Waals surface area contributed by atoms with Crippen LogP contribution < -0.4 is 15.4 Å². The second-order valence-electron chi connectivity index (χ2n) is 6.77. The molecule has 2 N–H and O–H groups in total. The van der Waals surface area contributed by atoms with Gasteiger partial charge in [0.25, 0.3) is 0 Å². The molecular weight excluding hydrogens is 378 g/mol. The van der Waals surface area contributed by atoms with Crippen LogP contribution in [0.15, 0.2) is 23.3 Å². The Kier molecular flexibility index (Phi) is 8.98. The molecule has 0 bridgehead atoms. The minimum Gasteiger partial charge on any atom is -0.478 e. The van der Waals surface area contributed by atoms with Crippen LogP contribution in [0.3, 0.4) is 0 Å². The summed E-state index contributed by atoms with van der Waals surface area (Å²) in [6, 6.07) is 4.05. The van der Waals surface area contributed by atoms with Crippen LogP contribution in [0.1, 0.15) is 45.6 Å². The lowest BCUT2D eigenvalue weighted by Crippen LogP contribution is -2.50. The second kappa shape index (κ2) is 11.2. The number of rotatable bonds is 9. The summed E-state index contributed by atoms with van der Waals surface area (Å²) in [7, 11) is -3.10. The molecule has 2 rings (SSSR count). The molecule has 0 unspecified atom stereocenters. The van der Waals surface area contributed by atoms with Crippen LogP contribution >= 0.6 is 0 Å². The number of hydrogen-bond acceptors (Lipinski definition) is 5. The predicted octanol–water partition coefficient (Wildman–Crippen LogP) is 1.74. The van der Waals surface area contributed by atoms with Gasteiger partial charge in [0.1, 0.15) is 0 Å². The van der Waals surface area contributed by atoms with Gasteiger partial charge in [-0.3, -0.25) is 0 Å². The molecule has 0 atom stereocenters. The van der Waals surface area contributed by atoms with Crippen molar-refractivity contribution >= 4 is 16.0 Å². The lowest BCUT2D eigenvalue weighted by atomic mass is 10.1. The Morgan fingerprint density at radius 2 is 2.04 bits per heavy atom. The zero-order valence-corrected chi connectivity index (χ0v) is 18.0. The smallest absolute Gasteiger partial charge is 0.213 e. The van der Waals surface area contributed by atoms with Gasteiger partial charge in [0.2, 0.25) is 15.9 Å². The predicted molar refractivity (Wildman–Crippen MR) is 112 cm³/mol. The van der Waals surface area contributed by atoms with E-state index in [2.05, 4.69) is 27.5 Å². The molecule has 1 aromatic rings. The molecule has 0 aliphatic carbocycles. The summed E-state index contributed by atoms with van der Waals surface area (Å²) in [6.45, 7) is 8.81. The van der Waals surface area contributed by atoms with E-state index in [0.717, 1.165) is 37.3 Å². The molecule has 0 aromatic carbocycles. The summed E-state index contributed by atoms with van der Waals surface area (Å²) >= 11 is 0. The van der Waals surface area contributed by atoms with Crippen molar-refractivity contribution in [3.63, 3.8) is 0 Å². The highest BCUT2D eigenvalue weighted by Crippen LogP contribution is 2.14. The van der Waals surface area contributed by atoms with Crippen LogP contribution in [-0.4, -0.2) is 61.7 Å². The normalized spacial score (nSPS) is 16.8. The molecule has 0 amide bonds. The van der Waals surface area contributed by atoms with E-state index >= 15 is 0 Å². The van der Waals surface area contributed by atoms with Crippen molar-refractivity contribution in [3.8, 4) is 5.88 Å². The Labute approximate surface area is 168 Å². The molecule has 28 heavy (non-hydrogen) atoms. The summed E-state index contributed by atoms with van der Waals surface area (Å²) in [4.78, 5) is 8.94. The van der Waals surface area contributed by atoms with Crippen molar-refractivity contribution in [2.45, 2.75) is 52.6 Å². The zero-order chi connectivity index (χ0) is 20.4. The zero-order valence-electron chi connectivity index (χ0n) is 17.1. The third-order valence-corrected chi connectivity index (χ3v) is 6.45. The van der Waals surface area contributed by atoms with Gasteiger partial charge in [0.15, 0.2) is 5.96 Å². The highest BCUT2D eigenvalue weighted by Gasteiger charge is 2.26. The lowest BCUT2D eigenvalue weighted by Gasteiger charge is -2.32. The molecule has 158 valence electrons. The Hall–Kier alpha value is -1.87.